The van der Waals surface area contributed by atoms with E-state index in [-0.39, 0.29) is 72.0 Å². The molecule has 0 unspecified atom stereocenters. The first-order valence-corrected chi connectivity index (χ1v) is 45.1. The second kappa shape index (κ2) is 51.7. The molecular weight excluding hydrogens is 2140 g/mol. The number of hydrogen-bond acceptors (Lipinski definition) is 17. The number of nitrogens with zero attached hydrogens (tertiary/aromatic N) is 12. The Bertz CT molecular complexity index is 6410. The number of esters is 1. The van der Waals surface area contributed by atoms with E-state index < -0.39 is 187 Å². The van der Waals surface area contributed by atoms with Crippen LogP contribution in [0.2, 0.25) is 0 Å². The highest BCUT2D eigenvalue weighted by Gasteiger charge is 2.52. The lowest BCUT2D eigenvalue weighted by atomic mass is 9.80. The number of hydrogen-bond donors (Lipinski definition) is 4. The topological polar surface area (TPSA) is 305 Å². The molecule has 1 fully saturated rings. The van der Waals surface area contributed by atoms with Crippen LogP contribution in [0.3, 0.4) is 0 Å². The number of carbonyl (C=O) groups excluding carboxylic acids is 3. The molecule has 23 nitrogen and oxygen atoms in total. The van der Waals surface area contributed by atoms with Crippen molar-refractivity contribution in [1.29, 1.82) is 0 Å². The first-order chi connectivity index (χ1) is 67.2. The molecule has 2 aliphatic rings. The smallest absolute Gasteiger partial charge is 0.480 e. The minimum absolute atomic E-state index is 0.0143. The molecule has 762 valence electrons. The number of allylic oxidation sites excluding steroid dienone is 1. The van der Waals surface area contributed by atoms with Crippen LogP contribution in [0.4, 0.5) is 96.6 Å². The highest BCUT2D eigenvalue weighted by Crippen LogP contribution is 2.40. The minimum Gasteiger partial charge on any atom is -0.480 e. The standard InChI is InChI=1S/C29H21F6N4O.C21H16BrF6N3O.C13H17BN2O2.C13H11BrF2N2.C7H6F4N2O2.C6H11BrO2.C5H4F4N2/c30-20-8-16(9-21(31)12-20)7-18(11-22(40)15-39-26(29(34)35)13-25(38-39)28(32)33)27-23(4-2-6-36-27)19-10-17-3-1-5-24(17)37-14-19;22-16-2-1-3-29-19(16)12(4-11-5-13(23)8-14(24)6-11)7-15(32)10-31-18(21(27)28)9-17(30-31)20(25)26;1-12(2)13(3,4)18-14(17-12)10-7-9-5-6-15-11(9)16-8-10;14-11-2-1-3-18-13(11)12(17)6-8-4-9(15)7-10(16)5-8;8-6(9)3-1-4(7(10)11)13(12-3)2-5(14)15;1-6(2,3)9-5(8)4-7;6-4(7)2-1-3(5(8)9)11-10-2/h2-4,6,8-10,12-14,18,28-29H,5,7,11,15H2;1-3,5-6,8-9,12,20-21H,4,7,10H2;5-8H,1-4H3,(H,15,16);1-5,7,12H,6,17H2;1,6-7H,2H2,(H,14,15);4H2,1-3H3;1,4-5H,(H,10,11)/q+1;;;;;;/t18-;12-;;12-;;;/m11.0.../s1. The summed E-state index contributed by atoms with van der Waals surface area (Å²) in [5.41, 5.74) is 6.22. The maximum absolute atomic E-state index is 14.0. The monoisotopic (exact) mass is 2220 g/mol. The number of H-pyrrole nitrogens is 2. The fourth-order valence-corrected chi connectivity index (χ4v) is 15.2. The number of carbonyl (C=O) groups is 4. The summed E-state index contributed by atoms with van der Waals surface area (Å²) in [6.45, 7) is 11.5. The third-order valence-corrected chi connectivity index (χ3v) is 22.6. The summed E-state index contributed by atoms with van der Waals surface area (Å²) in [6.07, 6.45) is -8.77. The van der Waals surface area contributed by atoms with Crippen LogP contribution in [0.5, 0.6) is 0 Å². The zero-order valence-electron chi connectivity index (χ0n) is 75.9. The number of Topliss-reactive ketones (excluding diaryl/α,β-unsaturated/α-hetero) is 2. The fraction of sp³-hybridized carbons (Fsp3) is 0.330. The number of halogens is 25. The Kier molecular flexibility index (Phi) is 41.3. The lowest BCUT2D eigenvalue weighted by Gasteiger charge is -2.32. The van der Waals surface area contributed by atoms with E-state index >= 15 is 0 Å². The molecule has 1 saturated heterocycles. The van der Waals surface area contributed by atoms with Gasteiger partial charge in [-0.2, -0.15) is 20.4 Å². The number of aromatic amines is 2. The van der Waals surface area contributed by atoms with Gasteiger partial charge in [-0.25, -0.2) is 107 Å². The maximum atomic E-state index is 14.0. The number of pyridine rings is 5. The highest BCUT2D eigenvalue weighted by molar-refractivity contribution is 9.11. The van der Waals surface area contributed by atoms with Crippen LogP contribution in [0, 0.1) is 41.0 Å². The molecule has 15 rings (SSSR count). The number of aromatic nitrogens is 14. The number of benzene rings is 3. The highest BCUT2D eigenvalue weighted by atomic mass is 79.9. The molecule has 1 aliphatic heterocycles. The van der Waals surface area contributed by atoms with Gasteiger partial charge in [0.1, 0.15) is 129 Å². The van der Waals surface area contributed by atoms with E-state index in [1.54, 1.807) is 54.0 Å². The quantitative estimate of drug-likeness (QED) is 0.0107. The number of ether oxygens (including phenoxy) is 1. The van der Waals surface area contributed by atoms with Crippen molar-refractivity contribution in [1.82, 2.24) is 69.4 Å². The van der Waals surface area contributed by atoms with E-state index in [0.29, 0.717) is 95.5 Å². The first-order valence-electron chi connectivity index (χ1n) is 42.4. The lowest BCUT2D eigenvalue weighted by Crippen LogP contribution is -2.41. The Morgan fingerprint density at radius 3 is 1.34 bits per heavy atom. The summed E-state index contributed by atoms with van der Waals surface area (Å²) in [4.78, 5) is 71.5. The third-order valence-electron chi connectivity index (χ3n) is 20.8. The van der Waals surface area contributed by atoms with Gasteiger partial charge in [-0.05, 0) is 219 Å². The summed E-state index contributed by atoms with van der Waals surface area (Å²) in [5, 5.41) is 24.4. The first kappa shape index (κ1) is 114. The van der Waals surface area contributed by atoms with Gasteiger partial charge in [-0.1, -0.05) is 22.0 Å². The van der Waals surface area contributed by atoms with Gasteiger partial charge >= 0.3 is 19.1 Å². The summed E-state index contributed by atoms with van der Waals surface area (Å²) < 4.78 is 302. The molecule has 3 atom stereocenters. The zero-order chi connectivity index (χ0) is 105. The van der Waals surface area contributed by atoms with E-state index in [1.165, 1.54) is 24.5 Å². The van der Waals surface area contributed by atoms with Crippen LogP contribution in [-0.2, 0) is 78.5 Å². The molecule has 0 bridgehead atoms. The van der Waals surface area contributed by atoms with Crippen molar-refractivity contribution in [3.05, 3.63) is 311 Å². The fourth-order valence-electron chi connectivity index (χ4n) is 13.9. The molecule has 5 N–H and O–H groups in total. The van der Waals surface area contributed by atoms with Gasteiger partial charge in [0.25, 0.3) is 51.4 Å². The van der Waals surface area contributed by atoms with Crippen molar-refractivity contribution < 1.29 is 135 Å². The van der Waals surface area contributed by atoms with Crippen molar-refractivity contribution in [2.75, 3.05) is 5.33 Å². The van der Waals surface area contributed by atoms with Crippen LogP contribution in [-0.4, -0.2) is 127 Å². The number of ketones is 2. The summed E-state index contributed by atoms with van der Waals surface area (Å²) >= 11 is 9.67. The zero-order valence-corrected chi connectivity index (χ0v) is 80.7. The van der Waals surface area contributed by atoms with Crippen LogP contribution < -0.4 is 11.2 Å². The van der Waals surface area contributed by atoms with Gasteiger partial charge in [-0.3, -0.25) is 53.3 Å². The number of alkyl halides is 17. The normalized spacial score (nSPS) is 13.5. The molecule has 0 saturated carbocycles. The summed E-state index contributed by atoms with van der Waals surface area (Å²) in [6, 6.07) is 27.5. The van der Waals surface area contributed by atoms with E-state index in [1.807, 2.05) is 51.2 Å². The molecule has 49 heteroatoms. The number of nitrogens with one attached hydrogen (secondary N) is 2. The van der Waals surface area contributed by atoms with Gasteiger partial charge in [0.15, 0.2) is 23.3 Å². The molecule has 10 aromatic heterocycles. The second-order valence-electron chi connectivity index (χ2n) is 33.4. The lowest BCUT2D eigenvalue weighted by molar-refractivity contribution is -0.151. The van der Waals surface area contributed by atoms with Crippen LogP contribution in [0.1, 0.15) is 221 Å². The summed E-state index contributed by atoms with van der Waals surface area (Å²) in [5.74, 6) is -8.64. The number of carboxylic acid groups (broad SMARTS) is 1. The Morgan fingerprint density at radius 2 is 0.944 bits per heavy atom. The van der Waals surface area contributed by atoms with Crippen molar-refractivity contribution in [2.24, 2.45) is 5.73 Å². The van der Waals surface area contributed by atoms with Crippen molar-refractivity contribution >= 4 is 101 Å². The van der Waals surface area contributed by atoms with Gasteiger partial charge in [-0.15, -0.1) is 0 Å². The number of rotatable bonds is 30. The number of nitrogens with two attached hydrogens (primary N) is 1. The van der Waals surface area contributed by atoms with Crippen molar-refractivity contribution in [2.45, 2.75) is 193 Å². The van der Waals surface area contributed by atoms with E-state index in [9.17, 15) is 116 Å². The van der Waals surface area contributed by atoms with Gasteiger partial charge in [0.2, 0.25) is 0 Å². The van der Waals surface area contributed by atoms with E-state index in [2.05, 4.69) is 138 Å². The van der Waals surface area contributed by atoms with Crippen LogP contribution >= 0.6 is 47.8 Å². The molecule has 11 heterocycles. The van der Waals surface area contributed by atoms with Crippen LogP contribution in [0.25, 0.3) is 28.2 Å². The molecule has 143 heavy (non-hydrogen) atoms. The van der Waals surface area contributed by atoms with E-state index in [0.717, 1.165) is 68.6 Å². The van der Waals surface area contributed by atoms with E-state index in [4.69, 9.17) is 24.9 Å². The predicted octanol–water partition coefficient (Wildman–Crippen LogP) is 24.1. The van der Waals surface area contributed by atoms with Gasteiger partial charge < -0.3 is 29.9 Å². The van der Waals surface area contributed by atoms with Gasteiger partial charge in [0, 0.05) is 117 Å². The molecular formula is C94H86BBr3F22N15O8+. The molecule has 0 amide bonds. The minimum atomic E-state index is -3.13. The average Bonchev–Trinajstić information content (AvgIpc) is 1.65. The average molecular weight is 2220 g/mol. The van der Waals surface area contributed by atoms with Crippen molar-refractivity contribution in [3.8, 4) is 11.1 Å². The number of fused-ring (bicyclic) bond motifs is 2. The molecule has 1 aliphatic carbocycles. The molecule has 0 radical (unpaired) electrons. The largest absolute Gasteiger partial charge is 0.496 e. The second-order valence-corrected chi connectivity index (χ2v) is 35.7. The maximum Gasteiger partial charge on any atom is 0.496 e. The Labute approximate surface area is 826 Å². The molecule has 13 aromatic rings. The summed E-state index contributed by atoms with van der Waals surface area (Å²) in [7, 11) is -0.346. The SMILES string of the molecule is CC(C)(C)OC(=O)CBr.CC1(C)OB(c2cnc3[nH]ccc3c2)OC1(C)C.FC(F)c1cc(C(F)F)[nH]n1.N[C@@H](Cc1cc(F)cc(F)c1)c1ncccc1Br.O=C(C[C@@H](Cc1cc(F)cc(F)c1)c1ncccc1-c1cnc2c(c1)C=[C+]C2)Cn1nc(C(F)F)cc1C(F)F.O=C(C[C@@H](Cc1cc(F)cc(F)c1)c1ncccc1Br)Cn1nc(C(F)F)cc1C(F)F.O=C(O)Cn1nc(C(F)F)cc1C(F)F. The molecule has 0 spiro atoms. The van der Waals surface area contributed by atoms with Crippen molar-refractivity contribution in [3.63, 3.8) is 0 Å². The Hall–Kier alpha value is -12.4. The van der Waals surface area contributed by atoms with Gasteiger partial charge in [0.05, 0.1) is 40.4 Å². The number of aliphatic carboxylic acids is 1. The number of carboxylic acids is 1. The third kappa shape index (κ3) is 33.9. The van der Waals surface area contributed by atoms with Crippen LogP contribution in [0.15, 0.2) is 180 Å². The molecule has 3 aromatic carbocycles. The predicted molar refractivity (Wildman–Crippen MR) is 489 cm³/mol. The Balaban J connectivity index is 0.000000197. The Morgan fingerprint density at radius 1 is 0.517 bits per heavy atom.